The van der Waals surface area contributed by atoms with Gasteiger partial charge in [0.1, 0.15) is 0 Å². The molecule has 0 radical (unpaired) electrons. The van der Waals surface area contributed by atoms with Gasteiger partial charge in [0.05, 0.1) is 0 Å². The number of allylic oxidation sites excluding steroid dienone is 1. The first-order chi connectivity index (χ1) is 5.36. The Morgan fingerprint density at radius 1 is 1.09 bits per heavy atom. The molecule has 0 atom stereocenters. The van der Waals surface area contributed by atoms with Gasteiger partial charge in [-0.1, -0.05) is 12.5 Å². The Hall–Kier alpha value is -0.300. The lowest BCUT2D eigenvalue weighted by atomic mass is 9.83. The number of nitrogens with one attached hydrogen (secondary N) is 1. The van der Waals surface area contributed by atoms with E-state index in [2.05, 4.69) is 12.2 Å². The molecule has 1 N–H and O–H groups in total. The summed E-state index contributed by atoms with van der Waals surface area (Å²) < 4.78 is 0. The van der Waals surface area contributed by atoms with Crippen LogP contribution in [0.25, 0.3) is 0 Å². The van der Waals surface area contributed by atoms with Gasteiger partial charge in [0.15, 0.2) is 0 Å². The molecule has 2 fully saturated rings. The van der Waals surface area contributed by atoms with Crippen LogP contribution in [-0.2, 0) is 0 Å². The van der Waals surface area contributed by atoms with Crippen molar-refractivity contribution in [2.24, 2.45) is 5.92 Å². The number of rotatable bonds is 0. The van der Waals surface area contributed by atoms with Crippen LogP contribution in [0, 0.1) is 5.92 Å². The zero-order chi connectivity index (χ0) is 7.68. The minimum Gasteiger partial charge on any atom is -0.309 e. The minimum absolute atomic E-state index is 0.979. The molecule has 0 aromatic carbocycles. The Kier molecular flexibility index (Phi) is 1.99. The van der Waals surface area contributed by atoms with Gasteiger partial charge < -0.3 is 5.32 Å². The molecular weight excluding hydrogens is 134 g/mol. The third kappa shape index (κ3) is 1.48. The summed E-state index contributed by atoms with van der Waals surface area (Å²) in [5, 5.41) is 3.31. The van der Waals surface area contributed by atoms with E-state index in [0.717, 1.165) is 5.92 Å². The summed E-state index contributed by atoms with van der Waals surface area (Å²) in [5.74, 6) is 0.979. The highest BCUT2D eigenvalue weighted by Crippen LogP contribution is 2.30. The van der Waals surface area contributed by atoms with Crippen LogP contribution in [-0.4, -0.2) is 13.1 Å². The summed E-state index contributed by atoms with van der Waals surface area (Å²) >= 11 is 0. The van der Waals surface area contributed by atoms with E-state index < -0.39 is 0 Å². The standard InChI is InChI=1S/C10H17N/c1-8-2-4-9(5-3-8)10-6-11-7-10/h8,11H,2-7H2,1H3. The normalized spacial score (nSPS) is 31.9. The van der Waals surface area contributed by atoms with Crippen molar-refractivity contribution in [2.45, 2.75) is 32.6 Å². The lowest BCUT2D eigenvalue weighted by molar-refractivity contribution is 0.435. The second-order valence-electron chi connectivity index (χ2n) is 3.99. The largest absolute Gasteiger partial charge is 0.309 e. The maximum absolute atomic E-state index is 3.31. The lowest BCUT2D eigenvalue weighted by Crippen LogP contribution is -2.35. The van der Waals surface area contributed by atoms with Gasteiger partial charge in [-0.3, -0.25) is 0 Å². The first kappa shape index (κ1) is 7.35. The Bertz CT molecular complexity index is 165. The van der Waals surface area contributed by atoms with Gasteiger partial charge in [-0.2, -0.15) is 0 Å². The molecule has 1 aliphatic heterocycles. The van der Waals surface area contributed by atoms with Gasteiger partial charge in [0.2, 0.25) is 0 Å². The maximum atomic E-state index is 3.31. The molecule has 0 bridgehead atoms. The van der Waals surface area contributed by atoms with E-state index in [1.807, 2.05) is 0 Å². The third-order valence-electron chi connectivity index (χ3n) is 3.05. The van der Waals surface area contributed by atoms with E-state index >= 15 is 0 Å². The van der Waals surface area contributed by atoms with E-state index in [-0.39, 0.29) is 0 Å². The summed E-state index contributed by atoms with van der Waals surface area (Å²) in [6.07, 6.45) is 5.63. The molecule has 11 heavy (non-hydrogen) atoms. The summed E-state index contributed by atoms with van der Waals surface area (Å²) in [5.41, 5.74) is 3.50. The van der Waals surface area contributed by atoms with Crippen LogP contribution >= 0.6 is 0 Å². The zero-order valence-electron chi connectivity index (χ0n) is 7.32. The van der Waals surface area contributed by atoms with E-state index in [1.54, 1.807) is 11.1 Å². The molecule has 1 saturated carbocycles. The highest BCUT2D eigenvalue weighted by atomic mass is 14.9. The molecule has 0 aromatic heterocycles. The molecule has 0 unspecified atom stereocenters. The molecule has 1 heterocycles. The van der Waals surface area contributed by atoms with E-state index in [0.29, 0.717) is 0 Å². The second-order valence-corrected chi connectivity index (χ2v) is 3.99. The van der Waals surface area contributed by atoms with E-state index in [9.17, 15) is 0 Å². The molecule has 1 aliphatic carbocycles. The van der Waals surface area contributed by atoms with Crippen molar-refractivity contribution in [1.82, 2.24) is 5.32 Å². The quantitative estimate of drug-likeness (QED) is 0.523. The van der Waals surface area contributed by atoms with E-state index in [4.69, 9.17) is 0 Å². The van der Waals surface area contributed by atoms with Crippen molar-refractivity contribution < 1.29 is 0 Å². The molecule has 2 rings (SSSR count). The first-order valence-electron chi connectivity index (χ1n) is 4.77. The summed E-state index contributed by atoms with van der Waals surface area (Å²) in [6.45, 7) is 4.74. The predicted octanol–water partition coefficient (Wildman–Crippen LogP) is 2.10. The van der Waals surface area contributed by atoms with Crippen molar-refractivity contribution in [1.29, 1.82) is 0 Å². The highest BCUT2D eigenvalue weighted by Gasteiger charge is 2.18. The Labute approximate surface area is 68.9 Å². The molecule has 1 nitrogen and oxygen atoms in total. The van der Waals surface area contributed by atoms with Crippen molar-refractivity contribution in [3.8, 4) is 0 Å². The minimum atomic E-state index is 0.979. The van der Waals surface area contributed by atoms with Crippen LogP contribution in [0.4, 0.5) is 0 Å². The van der Waals surface area contributed by atoms with Crippen LogP contribution in [0.15, 0.2) is 11.1 Å². The van der Waals surface area contributed by atoms with Gasteiger partial charge in [-0.05, 0) is 37.2 Å². The Morgan fingerprint density at radius 3 is 2.18 bits per heavy atom. The Morgan fingerprint density at radius 2 is 1.73 bits per heavy atom. The molecule has 1 heteroatoms. The van der Waals surface area contributed by atoms with Gasteiger partial charge >= 0.3 is 0 Å². The van der Waals surface area contributed by atoms with Gasteiger partial charge in [-0.15, -0.1) is 0 Å². The number of hydrogen-bond donors (Lipinski definition) is 1. The molecule has 0 spiro atoms. The van der Waals surface area contributed by atoms with Crippen LogP contribution in [0.1, 0.15) is 32.6 Å². The predicted molar refractivity (Wildman–Crippen MR) is 47.5 cm³/mol. The molecule has 0 aromatic rings. The van der Waals surface area contributed by atoms with Crippen LogP contribution in [0.2, 0.25) is 0 Å². The SMILES string of the molecule is CC1CCC(=C2CNC2)CC1. The van der Waals surface area contributed by atoms with Crippen LogP contribution < -0.4 is 5.32 Å². The molecule has 62 valence electrons. The molecule has 0 amide bonds. The molecular formula is C10H17N. The fourth-order valence-corrected chi connectivity index (χ4v) is 1.96. The topological polar surface area (TPSA) is 12.0 Å². The molecule has 1 saturated heterocycles. The van der Waals surface area contributed by atoms with Crippen molar-refractivity contribution in [3.63, 3.8) is 0 Å². The van der Waals surface area contributed by atoms with Crippen molar-refractivity contribution >= 4 is 0 Å². The smallest absolute Gasteiger partial charge is 0.0183 e. The van der Waals surface area contributed by atoms with Gasteiger partial charge in [0, 0.05) is 13.1 Å². The monoisotopic (exact) mass is 151 g/mol. The summed E-state index contributed by atoms with van der Waals surface area (Å²) in [7, 11) is 0. The average Bonchev–Trinajstić information content (AvgIpc) is 1.90. The fraction of sp³-hybridized carbons (Fsp3) is 0.800. The second kappa shape index (κ2) is 2.98. The van der Waals surface area contributed by atoms with E-state index in [1.165, 1.54) is 38.8 Å². The van der Waals surface area contributed by atoms with Crippen molar-refractivity contribution in [3.05, 3.63) is 11.1 Å². The zero-order valence-corrected chi connectivity index (χ0v) is 7.32. The molecule has 2 aliphatic rings. The van der Waals surface area contributed by atoms with Crippen LogP contribution in [0.5, 0.6) is 0 Å². The summed E-state index contributed by atoms with van der Waals surface area (Å²) in [4.78, 5) is 0. The number of hydrogen-bond acceptors (Lipinski definition) is 1. The first-order valence-corrected chi connectivity index (χ1v) is 4.77. The Balaban J connectivity index is 1.96. The third-order valence-corrected chi connectivity index (χ3v) is 3.05. The average molecular weight is 151 g/mol. The summed E-state index contributed by atoms with van der Waals surface area (Å²) in [6, 6.07) is 0. The highest BCUT2D eigenvalue weighted by molar-refractivity contribution is 5.23. The lowest BCUT2D eigenvalue weighted by Gasteiger charge is -2.28. The maximum Gasteiger partial charge on any atom is 0.0183 e. The fourth-order valence-electron chi connectivity index (χ4n) is 1.96. The van der Waals surface area contributed by atoms with Gasteiger partial charge in [0.25, 0.3) is 0 Å². The van der Waals surface area contributed by atoms with Gasteiger partial charge in [-0.25, -0.2) is 0 Å². The van der Waals surface area contributed by atoms with Crippen molar-refractivity contribution in [2.75, 3.05) is 13.1 Å². The van der Waals surface area contributed by atoms with Crippen LogP contribution in [0.3, 0.4) is 0 Å².